The minimum absolute atomic E-state index is 0.394. The molecule has 6 N–H and O–H groups in total. The van der Waals surface area contributed by atoms with E-state index in [0.717, 1.165) is 81.3 Å². The lowest BCUT2D eigenvalue weighted by Gasteiger charge is -2.33. The average Bonchev–Trinajstić information content (AvgIpc) is 3.59. The van der Waals surface area contributed by atoms with Crippen LogP contribution in [0, 0.1) is 12.8 Å². The highest BCUT2D eigenvalue weighted by molar-refractivity contribution is 5.97. The summed E-state index contributed by atoms with van der Waals surface area (Å²) in [6, 6.07) is 2.16. The van der Waals surface area contributed by atoms with Crippen LogP contribution in [0.2, 0.25) is 0 Å². The smallest absolute Gasteiger partial charge is 0.194 e. The van der Waals surface area contributed by atoms with Crippen LogP contribution >= 0.6 is 0 Å². The Hall–Kier alpha value is -2.97. The Bertz CT molecular complexity index is 1380. The molecule has 0 spiro atoms. The number of fused-ring (bicyclic) bond motifs is 4. The molecule has 0 amide bonds. The highest BCUT2D eigenvalue weighted by Crippen LogP contribution is 2.21. The first kappa shape index (κ1) is 50.2. The molecule has 5 atom stereocenters. The monoisotopic (exact) mass is 787 g/mol. The Morgan fingerprint density at radius 1 is 0.702 bits per heavy atom. The zero-order valence-electron chi connectivity index (χ0n) is 37.4. The molecule has 3 heterocycles. The summed E-state index contributed by atoms with van der Waals surface area (Å²) in [6.07, 6.45) is 38.5. The summed E-state index contributed by atoms with van der Waals surface area (Å²) in [5.74, 6) is 0. The van der Waals surface area contributed by atoms with E-state index in [9.17, 15) is 0 Å². The fourth-order valence-corrected chi connectivity index (χ4v) is 8.23. The van der Waals surface area contributed by atoms with E-state index in [0.29, 0.717) is 36.8 Å². The van der Waals surface area contributed by atoms with Gasteiger partial charge < -0.3 is 31.9 Å². The number of terminal acetylenes is 1. The molecule has 0 saturated heterocycles. The molecule has 5 aliphatic rings. The van der Waals surface area contributed by atoms with Gasteiger partial charge in [0.15, 0.2) is 11.4 Å². The van der Waals surface area contributed by atoms with Crippen molar-refractivity contribution in [1.29, 1.82) is 0 Å². The fraction of sp³-hybridized carbons (Fsp3) is 0.688. The Balaban J connectivity index is 0.00000178. The molecule has 2 fully saturated rings. The predicted octanol–water partition coefficient (Wildman–Crippen LogP) is 7.60. The average molecular weight is 787 g/mol. The molecular formula is C48H84N9+. The molecule has 0 aromatic rings. The maximum absolute atomic E-state index is 5.17. The van der Waals surface area contributed by atoms with E-state index in [2.05, 4.69) is 113 Å². The number of nitrogens with zero attached hydrogens (tertiary/aromatic N) is 3. The van der Waals surface area contributed by atoms with Crippen LogP contribution in [0.5, 0.6) is 0 Å². The van der Waals surface area contributed by atoms with Gasteiger partial charge in [0.2, 0.25) is 0 Å². The number of rotatable bonds is 4. The van der Waals surface area contributed by atoms with E-state index < -0.39 is 0 Å². The van der Waals surface area contributed by atoms with Gasteiger partial charge in [0.1, 0.15) is 7.05 Å². The first-order valence-electron chi connectivity index (χ1n) is 22.8. The lowest BCUT2D eigenvalue weighted by molar-refractivity contribution is -0.445. The third-order valence-electron chi connectivity index (χ3n) is 11.3. The molecule has 3 aliphatic heterocycles. The third kappa shape index (κ3) is 19.1. The second-order valence-electron chi connectivity index (χ2n) is 15.5. The summed E-state index contributed by atoms with van der Waals surface area (Å²) in [7, 11) is 2.24. The molecule has 0 aromatic carbocycles. The number of aliphatic imine (C=N–C) groups is 2. The van der Waals surface area contributed by atoms with Crippen molar-refractivity contribution >= 4 is 17.1 Å². The molecule has 2 saturated carbocycles. The molecule has 0 radical (unpaired) electrons. The molecule has 0 aromatic heterocycles. The molecule has 4 bridgehead atoms. The van der Waals surface area contributed by atoms with Crippen molar-refractivity contribution in [2.24, 2.45) is 9.98 Å². The van der Waals surface area contributed by atoms with E-state index in [-0.39, 0.29) is 0 Å². The molecule has 5 unspecified atom stereocenters. The van der Waals surface area contributed by atoms with Crippen LogP contribution in [0.15, 0.2) is 70.1 Å². The summed E-state index contributed by atoms with van der Waals surface area (Å²) in [6.45, 7) is 22.5. The first-order valence-corrected chi connectivity index (χ1v) is 22.8. The molecule has 5 rings (SSSR count). The van der Waals surface area contributed by atoms with Gasteiger partial charge >= 0.3 is 0 Å². The van der Waals surface area contributed by atoms with Crippen LogP contribution in [0.4, 0.5) is 0 Å². The quantitative estimate of drug-likeness (QED) is 0.0999. The molecule has 320 valence electrons. The molecule has 9 heteroatoms. The van der Waals surface area contributed by atoms with Crippen LogP contribution in [-0.2, 0) is 0 Å². The molecular weight excluding hydrogens is 703 g/mol. The standard InChI is InChI=1S/C42H70N9.2C2H6.C2H2/c1-5-6-7-16-34-27-43-25-32(2)49-33(3)26-45-39-21-12-13-22-40(39)46-28-35-17-8-9-18-36(50-35)29-47-41-23-14-15-24-42(41)48-31-38-20-11-10-19-37(30-44-34)51(38)4;3*1-2/h9-10,17-20,34,39-48H,2,5-8,11-16,21-31H2,1,3-4H3;2*1-2H3;1-2H/q+1;;;. The SMILES string of the molecule is C#C.C=C1CNCC(CCCCC)NCC2=[N+](C)C(=CCC=C2)CNC2CCCCC2NCC2=NC(=CCC=C2)CNC2CCCCC2NCC(C)=N1.CC.CC. The summed E-state index contributed by atoms with van der Waals surface area (Å²) in [4.78, 5) is 10.1. The van der Waals surface area contributed by atoms with Gasteiger partial charge in [-0.1, -0.05) is 104 Å². The van der Waals surface area contributed by atoms with Gasteiger partial charge in [0.05, 0.1) is 24.5 Å². The summed E-state index contributed by atoms with van der Waals surface area (Å²) < 4.78 is 2.41. The lowest BCUT2D eigenvalue weighted by atomic mass is 9.90. The zero-order valence-corrected chi connectivity index (χ0v) is 37.4. The number of hydrogen-bond acceptors (Lipinski definition) is 8. The number of hydrogen-bond donors (Lipinski definition) is 6. The van der Waals surface area contributed by atoms with E-state index in [1.165, 1.54) is 82.0 Å². The van der Waals surface area contributed by atoms with Crippen molar-refractivity contribution in [3.8, 4) is 12.8 Å². The first-order chi connectivity index (χ1) is 28.0. The van der Waals surface area contributed by atoms with Gasteiger partial charge in [-0.05, 0) is 64.0 Å². The van der Waals surface area contributed by atoms with E-state index in [1.54, 1.807) is 0 Å². The second-order valence-corrected chi connectivity index (χ2v) is 15.5. The predicted molar refractivity (Wildman–Crippen MR) is 250 cm³/mol. The highest BCUT2D eigenvalue weighted by Gasteiger charge is 2.27. The summed E-state index contributed by atoms with van der Waals surface area (Å²) in [5.41, 5.74) is 6.97. The number of nitrogens with one attached hydrogen (secondary N) is 6. The normalized spacial score (nSPS) is 27.1. The van der Waals surface area contributed by atoms with Gasteiger partial charge in [-0.3, -0.25) is 9.98 Å². The zero-order chi connectivity index (χ0) is 41.7. The summed E-state index contributed by atoms with van der Waals surface area (Å²) >= 11 is 0. The van der Waals surface area contributed by atoms with Crippen molar-refractivity contribution in [2.75, 3.05) is 52.9 Å². The number of unbranched alkanes of at least 4 members (excludes halogenated alkanes) is 2. The van der Waals surface area contributed by atoms with Crippen molar-refractivity contribution in [3.63, 3.8) is 0 Å². The molecule has 9 nitrogen and oxygen atoms in total. The Labute approximate surface area is 350 Å². The maximum Gasteiger partial charge on any atom is 0.194 e. The van der Waals surface area contributed by atoms with Crippen molar-refractivity contribution in [1.82, 2.24) is 31.9 Å². The van der Waals surface area contributed by atoms with Crippen LogP contribution in [0.1, 0.15) is 131 Å². The van der Waals surface area contributed by atoms with E-state index in [4.69, 9.17) is 9.98 Å². The van der Waals surface area contributed by atoms with E-state index in [1.807, 2.05) is 27.7 Å². The fourth-order valence-electron chi connectivity index (χ4n) is 8.23. The van der Waals surface area contributed by atoms with Gasteiger partial charge in [-0.15, -0.1) is 12.8 Å². The number of likely N-dealkylation sites (N-methyl/N-ethyl adjacent to an activating group) is 1. The van der Waals surface area contributed by atoms with Crippen LogP contribution in [-0.4, -0.2) is 105 Å². The third-order valence-corrected chi connectivity index (χ3v) is 11.3. The van der Waals surface area contributed by atoms with Crippen molar-refractivity contribution in [2.45, 2.75) is 162 Å². The minimum Gasteiger partial charge on any atom is -0.310 e. The van der Waals surface area contributed by atoms with Crippen LogP contribution < -0.4 is 31.9 Å². The molecule has 2 aliphatic carbocycles. The van der Waals surface area contributed by atoms with Crippen LogP contribution in [0.25, 0.3) is 0 Å². The molecule has 57 heavy (non-hydrogen) atoms. The van der Waals surface area contributed by atoms with Crippen molar-refractivity contribution < 1.29 is 4.58 Å². The Morgan fingerprint density at radius 3 is 1.93 bits per heavy atom. The van der Waals surface area contributed by atoms with Gasteiger partial charge in [0, 0.05) is 80.4 Å². The van der Waals surface area contributed by atoms with Gasteiger partial charge in [0.25, 0.3) is 0 Å². The van der Waals surface area contributed by atoms with E-state index >= 15 is 0 Å². The number of allylic oxidation sites excluding steroid dienone is 4. The van der Waals surface area contributed by atoms with Crippen LogP contribution in [0.3, 0.4) is 0 Å². The maximum atomic E-state index is 5.17. The topological polar surface area (TPSA) is 99.9 Å². The minimum atomic E-state index is 0.394. The Kier molecular flexibility index (Phi) is 27.3. The second kappa shape index (κ2) is 31.0. The summed E-state index contributed by atoms with van der Waals surface area (Å²) in [5, 5.41) is 23.3. The van der Waals surface area contributed by atoms with Gasteiger partial charge in [-0.2, -0.15) is 0 Å². The van der Waals surface area contributed by atoms with Crippen molar-refractivity contribution in [3.05, 3.63) is 60.1 Å². The van der Waals surface area contributed by atoms with Gasteiger partial charge in [-0.25, -0.2) is 4.58 Å². The largest absolute Gasteiger partial charge is 0.310 e. The lowest BCUT2D eigenvalue weighted by Crippen LogP contribution is -2.51. The highest BCUT2D eigenvalue weighted by atomic mass is 15.1. The Morgan fingerprint density at radius 2 is 1.28 bits per heavy atom.